The number of nitro groups is 1. The van der Waals surface area contributed by atoms with Crippen molar-refractivity contribution in [1.82, 2.24) is 0 Å². The van der Waals surface area contributed by atoms with Gasteiger partial charge in [0.05, 0.1) is 15.5 Å². The number of carbonyl (C=O) groups excluding carboxylic acids is 1. The van der Waals surface area contributed by atoms with E-state index < -0.39 is 33.3 Å². The van der Waals surface area contributed by atoms with Gasteiger partial charge >= 0.3 is 6.18 Å². The third-order valence-corrected chi connectivity index (χ3v) is 4.29. The average molecular weight is 385 g/mol. The normalized spacial score (nSPS) is 11.3. The van der Waals surface area contributed by atoms with E-state index in [1.807, 2.05) is 0 Å². The Balaban J connectivity index is 2.27. The topological polar surface area (TPSA) is 72.2 Å². The van der Waals surface area contributed by atoms with Crippen molar-refractivity contribution in [2.24, 2.45) is 0 Å². The number of hydrogen-bond acceptors (Lipinski definition) is 4. The molecule has 0 spiro atoms. The van der Waals surface area contributed by atoms with Crippen molar-refractivity contribution in [3.05, 3.63) is 54.2 Å². The monoisotopic (exact) mass is 384 g/mol. The van der Waals surface area contributed by atoms with Gasteiger partial charge in [-0.25, -0.2) is 0 Å². The molecule has 2 aromatic rings. The number of alkyl halides is 3. The van der Waals surface area contributed by atoms with Gasteiger partial charge in [0, 0.05) is 11.8 Å². The summed E-state index contributed by atoms with van der Waals surface area (Å²) in [6.07, 6.45) is -4.68. The number of nitrogens with zero attached hydrogens (tertiary/aromatic N) is 1. The molecule has 1 aromatic heterocycles. The van der Waals surface area contributed by atoms with Crippen molar-refractivity contribution >= 4 is 51.8 Å². The van der Waals surface area contributed by atoms with Crippen LogP contribution in [0.4, 0.5) is 24.5 Å². The SMILES string of the molecule is O=C(Nc1ccc(Cl)c(C(F)(F)F)c1)c1cc([N+](=O)[O-])c(Cl)s1. The molecule has 1 N–H and O–H groups in total. The Bertz CT molecular complexity index is 792. The van der Waals surface area contributed by atoms with Crippen LogP contribution in [0.15, 0.2) is 24.3 Å². The second-order valence-corrected chi connectivity index (χ2v) is 6.23. The van der Waals surface area contributed by atoms with Crippen molar-refractivity contribution in [1.29, 1.82) is 0 Å². The molecule has 1 aromatic carbocycles. The van der Waals surface area contributed by atoms with E-state index in [1.54, 1.807) is 0 Å². The number of thiophene rings is 1. The lowest BCUT2D eigenvalue weighted by Crippen LogP contribution is -2.12. The minimum Gasteiger partial charge on any atom is -0.321 e. The summed E-state index contributed by atoms with van der Waals surface area (Å²) in [5.74, 6) is -0.819. The molecular weight excluding hydrogens is 380 g/mol. The van der Waals surface area contributed by atoms with Gasteiger partial charge in [0.25, 0.3) is 11.6 Å². The van der Waals surface area contributed by atoms with E-state index in [0.717, 1.165) is 12.1 Å². The summed E-state index contributed by atoms with van der Waals surface area (Å²) in [5.41, 5.74) is -1.71. The zero-order valence-electron chi connectivity index (χ0n) is 10.8. The quantitative estimate of drug-likeness (QED) is 0.581. The van der Waals surface area contributed by atoms with E-state index in [4.69, 9.17) is 23.2 Å². The molecule has 0 fully saturated rings. The second kappa shape index (κ2) is 6.34. The van der Waals surface area contributed by atoms with Gasteiger partial charge in [0.1, 0.15) is 4.88 Å². The number of amides is 1. The van der Waals surface area contributed by atoms with E-state index in [2.05, 4.69) is 5.32 Å². The highest BCUT2D eigenvalue weighted by molar-refractivity contribution is 7.18. The van der Waals surface area contributed by atoms with Crippen LogP contribution in [-0.2, 0) is 6.18 Å². The average Bonchev–Trinajstić information content (AvgIpc) is 2.82. The number of anilines is 1. The molecule has 0 saturated carbocycles. The Morgan fingerprint density at radius 3 is 2.43 bits per heavy atom. The van der Waals surface area contributed by atoms with Crippen LogP contribution < -0.4 is 5.32 Å². The van der Waals surface area contributed by atoms with Crippen LogP contribution in [-0.4, -0.2) is 10.8 Å². The Hall–Kier alpha value is -1.84. The fourth-order valence-corrected chi connectivity index (χ4v) is 2.95. The lowest BCUT2D eigenvalue weighted by atomic mass is 10.2. The molecule has 0 aliphatic rings. The Morgan fingerprint density at radius 1 is 1.26 bits per heavy atom. The molecular formula is C12H5Cl2F3N2O3S. The smallest absolute Gasteiger partial charge is 0.321 e. The van der Waals surface area contributed by atoms with Gasteiger partial charge in [-0.15, -0.1) is 11.3 Å². The number of nitrogens with one attached hydrogen (secondary N) is 1. The molecule has 0 radical (unpaired) electrons. The zero-order valence-corrected chi connectivity index (χ0v) is 13.1. The maximum Gasteiger partial charge on any atom is 0.417 e. The van der Waals surface area contributed by atoms with Gasteiger partial charge < -0.3 is 5.32 Å². The van der Waals surface area contributed by atoms with Crippen molar-refractivity contribution in [2.75, 3.05) is 5.32 Å². The van der Waals surface area contributed by atoms with Crippen molar-refractivity contribution < 1.29 is 22.9 Å². The molecule has 0 bridgehead atoms. The summed E-state index contributed by atoms with van der Waals surface area (Å²) in [6.45, 7) is 0. The van der Waals surface area contributed by atoms with Crippen LogP contribution in [0.1, 0.15) is 15.2 Å². The first-order valence-electron chi connectivity index (χ1n) is 5.71. The van der Waals surface area contributed by atoms with E-state index in [9.17, 15) is 28.1 Å². The van der Waals surface area contributed by atoms with E-state index in [0.29, 0.717) is 17.4 Å². The van der Waals surface area contributed by atoms with Gasteiger partial charge in [0.15, 0.2) is 4.34 Å². The van der Waals surface area contributed by atoms with Gasteiger partial charge in [-0.3, -0.25) is 14.9 Å². The van der Waals surface area contributed by atoms with Crippen LogP contribution in [0, 0.1) is 10.1 Å². The van der Waals surface area contributed by atoms with E-state index >= 15 is 0 Å². The van der Waals surface area contributed by atoms with Gasteiger partial charge in [-0.05, 0) is 18.2 Å². The predicted molar refractivity (Wildman–Crippen MR) is 80.4 cm³/mol. The van der Waals surface area contributed by atoms with Crippen LogP contribution in [0.25, 0.3) is 0 Å². The highest BCUT2D eigenvalue weighted by atomic mass is 35.5. The highest BCUT2D eigenvalue weighted by Gasteiger charge is 2.33. The zero-order chi connectivity index (χ0) is 17.4. The lowest BCUT2D eigenvalue weighted by molar-refractivity contribution is -0.384. The third-order valence-electron chi connectivity index (χ3n) is 2.62. The maximum absolute atomic E-state index is 12.7. The molecule has 0 saturated heterocycles. The first-order chi connectivity index (χ1) is 10.6. The summed E-state index contributed by atoms with van der Waals surface area (Å²) in [6, 6.07) is 3.79. The Morgan fingerprint density at radius 2 is 1.91 bits per heavy atom. The number of hydrogen-bond donors (Lipinski definition) is 1. The summed E-state index contributed by atoms with van der Waals surface area (Å²) in [7, 11) is 0. The minimum absolute atomic E-state index is 0.106. The summed E-state index contributed by atoms with van der Waals surface area (Å²) in [5, 5.41) is 12.4. The molecule has 0 unspecified atom stereocenters. The van der Waals surface area contributed by atoms with Crippen LogP contribution in [0.2, 0.25) is 9.36 Å². The second-order valence-electron chi connectivity index (χ2n) is 4.17. The van der Waals surface area contributed by atoms with Crippen LogP contribution in [0.5, 0.6) is 0 Å². The first-order valence-corrected chi connectivity index (χ1v) is 7.28. The predicted octanol–water partition coefficient (Wildman–Crippen LogP) is 5.23. The Kier molecular flexibility index (Phi) is 4.83. The molecule has 2 rings (SSSR count). The molecule has 0 aliphatic heterocycles. The minimum atomic E-state index is -4.68. The number of rotatable bonds is 3. The van der Waals surface area contributed by atoms with Crippen LogP contribution >= 0.6 is 34.5 Å². The highest BCUT2D eigenvalue weighted by Crippen LogP contribution is 2.37. The summed E-state index contributed by atoms with van der Waals surface area (Å²) < 4.78 is 38.0. The largest absolute Gasteiger partial charge is 0.417 e. The van der Waals surface area contributed by atoms with E-state index in [-0.39, 0.29) is 14.9 Å². The lowest BCUT2D eigenvalue weighted by Gasteiger charge is -2.11. The number of benzene rings is 1. The standard InChI is InChI=1S/C12H5Cl2F3N2O3S/c13-7-2-1-5(3-6(7)12(15,16)17)18-11(20)9-4-8(19(21)22)10(14)23-9/h1-4H,(H,18,20). The molecule has 11 heteroatoms. The maximum atomic E-state index is 12.7. The van der Waals surface area contributed by atoms with Crippen molar-refractivity contribution in [3.8, 4) is 0 Å². The fourth-order valence-electron chi connectivity index (χ4n) is 1.61. The first kappa shape index (κ1) is 17.5. The summed E-state index contributed by atoms with van der Waals surface area (Å²) >= 11 is 11.7. The summed E-state index contributed by atoms with van der Waals surface area (Å²) in [4.78, 5) is 21.7. The van der Waals surface area contributed by atoms with Gasteiger partial charge in [-0.2, -0.15) is 13.2 Å². The fraction of sp³-hybridized carbons (Fsp3) is 0.0833. The van der Waals surface area contributed by atoms with Gasteiger partial charge in [-0.1, -0.05) is 23.2 Å². The number of halogens is 5. The van der Waals surface area contributed by atoms with Gasteiger partial charge in [0.2, 0.25) is 0 Å². The molecule has 1 heterocycles. The Labute approximate surface area is 140 Å². The van der Waals surface area contributed by atoms with Crippen molar-refractivity contribution in [3.63, 3.8) is 0 Å². The molecule has 23 heavy (non-hydrogen) atoms. The molecule has 0 atom stereocenters. The molecule has 122 valence electrons. The molecule has 5 nitrogen and oxygen atoms in total. The molecule has 0 aliphatic carbocycles. The van der Waals surface area contributed by atoms with Crippen LogP contribution in [0.3, 0.4) is 0 Å². The number of carbonyl (C=O) groups is 1. The molecule has 1 amide bonds. The third kappa shape index (κ3) is 3.92. The van der Waals surface area contributed by atoms with Crippen molar-refractivity contribution in [2.45, 2.75) is 6.18 Å². The van der Waals surface area contributed by atoms with E-state index in [1.165, 1.54) is 6.07 Å².